The van der Waals surface area contributed by atoms with Gasteiger partial charge in [0.15, 0.2) is 6.29 Å². The fraction of sp³-hybridized carbons (Fsp3) is 0.545. The molecule has 4 atom stereocenters. The Labute approximate surface area is 178 Å². The molecular weight excluding hydrogens is 388 g/mol. The van der Waals surface area contributed by atoms with E-state index in [0.717, 1.165) is 36.2 Å². The first kappa shape index (κ1) is 22.0. The highest BCUT2D eigenvalue weighted by molar-refractivity contribution is 6.30. The third-order valence-electron chi connectivity index (χ3n) is 5.72. The van der Waals surface area contributed by atoms with Crippen LogP contribution in [0.2, 0.25) is 5.02 Å². The number of rotatable bonds is 4. The lowest BCUT2D eigenvalue weighted by molar-refractivity contribution is -0.214. The van der Waals surface area contributed by atoms with Crippen LogP contribution in [-0.4, -0.2) is 39.6 Å². The molecule has 1 fully saturated rings. The van der Waals surface area contributed by atoms with E-state index in [1.165, 1.54) is 0 Å². The highest BCUT2D eigenvalue weighted by Crippen LogP contribution is 2.55. The van der Waals surface area contributed by atoms with Crippen molar-refractivity contribution in [3.8, 4) is 0 Å². The average Bonchev–Trinajstić information content (AvgIpc) is 3.27. The molecule has 158 valence electrons. The quantitative estimate of drug-likeness (QED) is 0.669. The standard InChI is InChI=1S/C20H25ClN4O2.C2H6/c1-5-8-25-13(2)10-20(11-18(25)17-12-24(3)23-22-17)16-7-6-14(21)9-15(16)19(26-4)27-20;1-2/h5-7,9,12-13,18-19H,1,8,10-11H2,2-4H3;1-2H3/t13-,18-,19?,20?;/m0./s1. The average molecular weight is 419 g/mol. The number of likely N-dealkylation sites (tertiary alicyclic amines) is 1. The van der Waals surface area contributed by atoms with E-state index < -0.39 is 11.9 Å². The van der Waals surface area contributed by atoms with Gasteiger partial charge in [-0.2, -0.15) is 0 Å². The molecule has 1 aromatic carbocycles. The lowest BCUT2D eigenvalue weighted by atomic mass is 9.76. The Morgan fingerprint density at radius 2 is 2.14 bits per heavy atom. The topological polar surface area (TPSA) is 52.4 Å². The van der Waals surface area contributed by atoms with Crippen LogP contribution in [0, 0.1) is 0 Å². The molecule has 7 heteroatoms. The van der Waals surface area contributed by atoms with Gasteiger partial charge in [-0.25, -0.2) is 0 Å². The SMILES string of the molecule is C=CCN1[C@@H](C)CC2(C[C@H]1c1cn(C)nn1)OC(OC)c1cc(Cl)ccc12.CC. The second-order valence-corrected chi connectivity index (χ2v) is 7.92. The Morgan fingerprint density at radius 1 is 1.38 bits per heavy atom. The zero-order valence-electron chi connectivity index (χ0n) is 17.9. The summed E-state index contributed by atoms with van der Waals surface area (Å²) in [7, 11) is 3.56. The minimum Gasteiger partial charge on any atom is -0.352 e. The number of benzene rings is 1. The Bertz CT molecular complexity index is 855. The smallest absolute Gasteiger partial charge is 0.184 e. The number of aromatic nitrogens is 3. The number of hydrogen-bond acceptors (Lipinski definition) is 5. The van der Waals surface area contributed by atoms with E-state index in [1.807, 2.05) is 45.3 Å². The highest BCUT2D eigenvalue weighted by atomic mass is 35.5. The van der Waals surface area contributed by atoms with Gasteiger partial charge in [-0.1, -0.05) is 42.8 Å². The highest BCUT2D eigenvalue weighted by Gasteiger charge is 2.52. The second kappa shape index (κ2) is 8.96. The molecule has 2 aliphatic heterocycles. The van der Waals surface area contributed by atoms with Crippen LogP contribution in [0.1, 0.15) is 62.8 Å². The van der Waals surface area contributed by atoms with Gasteiger partial charge in [0.2, 0.25) is 0 Å². The molecule has 1 aromatic heterocycles. The van der Waals surface area contributed by atoms with E-state index in [0.29, 0.717) is 5.02 Å². The summed E-state index contributed by atoms with van der Waals surface area (Å²) in [6, 6.07) is 6.34. The van der Waals surface area contributed by atoms with Crippen molar-refractivity contribution in [1.82, 2.24) is 19.9 Å². The molecule has 2 aromatic rings. The van der Waals surface area contributed by atoms with Crippen molar-refractivity contribution in [2.75, 3.05) is 13.7 Å². The molecule has 1 saturated heterocycles. The molecule has 0 radical (unpaired) electrons. The predicted octanol–water partition coefficient (Wildman–Crippen LogP) is 4.78. The minimum absolute atomic E-state index is 0.0829. The normalized spacial score (nSPS) is 28.7. The van der Waals surface area contributed by atoms with Crippen molar-refractivity contribution >= 4 is 11.6 Å². The molecule has 0 aliphatic carbocycles. The van der Waals surface area contributed by atoms with Gasteiger partial charge in [0.05, 0.1) is 11.7 Å². The number of halogens is 1. The van der Waals surface area contributed by atoms with Crippen molar-refractivity contribution in [2.45, 2.75) is 57.6 Å². The van der Waals surface area contributed by atoms with E-state index in [2.05, 4.69) is 34.8 Å². The lowest BCUT2D eigenvalue weighted by Gasteiger charge is -2.48. The minimum atomic E-state index is -0.431. The Balaban J connectivity index is 0.00000117. The Morgan fingerprint density at radius 3 is 2.76 bits per heavy atom. The van der Waals surface area contributed by atoms with E-state index in [9.17, 15) is 0 Å². The number of aryl methyl sites for hydroxylation is 1. The summed E-state index contributed by atoms with van der Waals surface area (Å²) in [4.78, 5) is 2.42. The van der Waals surface area contributed by atoms with Gasteiger partial charge in [0.1, 0.15) is 5.60 Å². The van der Waals surface area contributed by atoms with E-state index in [1.54, 1.807) is 11.8 Å². The van der Waals surface area contributed by atoms with Crippen molar-refractivity contribution in [1.29, 1.82) is 0 Å². The zero-order valence-corrected chi connectivity index (χ0v) is 18.7. The maximum atomic E-state index is 6.53. The summed E-state index contributed by atoms with van der Waals surface area (Å²) in [5, 5.41) is 9.24. The van der Waals surface area contributed by atoms with Gasteiger partial charge in [-0.15, -0.1) is 11.7 Å². The van der Waals surface area contributed by atoms with Crippen LogP contribution in [-0.2, 0) is 22.1 Å². The molecule has 2 unspecified atom stereocenters. The monoisotopic (exact) mass is 418 g/mol. The molecule has 0 amide bonds. The Hall–Kier alpha value is -1.73. The maximum Gasteiger partial charge on any atom is 0.184 e. The van der Waals surface area contributed by atoms with Gasteiger partial charge in [0.25, 0.3) is 0 Å². The van der Waals surface area contributed by atoms with Gasteiger partial charge in [-0.3, -0.25) is 9.58 Å². The van der Waals surface area contributed by atoms with Gasteiger partial charge in [0, 0.05) is 49.9 Å². The molecule has 0 saturated carbocycles. The van der Waals surface area contributed by atoms with Crippen molar-refractivity contribution in [3.05, 3.63) is 58.9 Å². The first-order valence-corrected chi connectivity index (χ1v) is 10.6. The molecule has 0 N–H and O–H groups in total. The van der Waals surface area contributed by atoms with Crippen LogP contribution < -0.4 is 0 Å². The number of nitrogens with zero attached hydrogens (tertiary/aromatic N) is 4. The van der Waals surface area contributed by atoms with Crippen LogP contribution in [0.15, 0.2) is 37.1 Å². The van der Waals surface area contributed by atoms with E-state index in [-0.39, 0.29) is 12.1 Å². The zero-order chi connectivity index (χ0) is 21.2. The third kappa shape index (κ3) is 3.99. The van der Waals surface area contributed by atoms with Crippen LogP contribution in [0.4, 0.5) is 0 Å². The van der Waals surface area contributed by atoms with Gasteiger partial charge in [-0.05, 0) is 31.0 Å². The van der Waals surface area contributed by atoms with E-state index in [4.69, 9.17) is 21.1 Å². The predicted molar refractivity (Wildman–Crippen MR) is 115 cm³/mol. The second-order valence-electron chi connectivity index (χ2n) is 7.49. The number of fused-ring (bicyclic) bond motifs is 2. The largest absolute Gasteiger partial charge is 0.352 e. The van der Waals surface area contributed by atoms with Crippen molar-refractivity contribution in [3.63, 3.8) is 0 Å². The number of hydrogen-bond donors (Lipinski definition) is 0. The summed E-state index contributed by atoms with van der Waals surface area (Å²) in [6.45, 7) is 11.0. The molecule has 1 spiro atoms. The van der Waals surface area contributed by atoms with Crippen LogP contribution in [0.5, 0.6) is 0 Å². The number of ether oxygens (including phenoxy) is 2. The first-order valence-electron chi connectivity index (χ1n) is 10.2. The van der Waals surface area contributed by atoms with Crippen molar-refractivity contribution < 1.29 is 9.47 Å². The van der Waals surface area contributed by atoms with Gasteiger partial charge < -0.3 is 9.47 Å². The maximum absolute atomic E-state index is 6.53. The lowest BCUT2D eigenvalue weighted by Crippen LogP contribution is -2.49. The summed E-state index contributed by atoms with van der Waals surface area (Å²) in [5.74, 6) is 0. The van der Waals surface area contributed by atoms with Crippen LogP contribution >= 0.6 is 11.6 Å². The van der Waals surface area contributed by atoms with Crippen LogP contribution in [0.25, 0.3) is 0 Å². The number of piperidine rings is 1. The van der Waals surface area contributed by atoms with E-state index >= 15 is 0 Å². The number of methoxy groups -OCH3 is 1. The molecule has 6 nitrogen and oxygen atoms in total. The summed E-state index contributed by atoms with van der Waals surface area (Å²) >= 11 is 6.24. The van der Waals surface area contributed by atoms with Gasteiger partial charge >= 0.3 is 0 Å². The fourth-order valence-electron chi connectivity index (χ4n) is 4.63. The Kier molecular flexibility index (Phi) is 6.79. The molecule has 3 heterocycles. The molecule has 0 bridgehead atoms. The summed E-state index contributed by atoms with van der Waals surface area (Å²) in [5.41, 5.74) is 2.70. The summed E-state index contributed by atoms with van der Waals surface area (Å²) in [6.07, 6.45) is 5.17. The molecule has 4 rings (SSSR count). The molecular formula is C22H31ClN4O2. The summed E-state index contributed by atoms with van der Waals surface area (Å²) < 4.78 is 13.9. The first-order chi connectivity index (χ1) is 14.0. The van der Waals surface area contributed by atoms with Crippen LogP contribution in [0.3, 0.4) is 0 Å². The fourth-order valence-corrected chi connectivity index (χ4v) is 4.81. The third-order valence-corrected chi connectivity index (χ3v) is 5.96. The van der Waals surface area contributed by atoms with Crippen molar-refractivity contribution in [2.24, 2.45) is 7.05 Å². The molecule has 2 aliphatic rings. The molecule has 29 heavy (non-hydrogen) atoms.